The molecule has 0 saturated carbocycles. The summed E-state index contributed by atoms with van der Waals surface area (Å²) in [5, 5.41) is 0.929. The molecule has 7 nitrogen and oxygen atoms in total. The maximum absolute atomic E-state index is 14.4. The lowest BCUT2D eigenvalue weighted by molar-refractivity contribution is -0.138. The summed E-state index contributed by atoms with van der Waals surface area (Å²) >= 11 is 13.5. The van der Waals surface area contributed by atoms with Gasteiger partial charge in [-0.15, -0.1) is 0 Å². The van der Waals surface area contributed by atoms with Gasteiger partial charge in [-0.2, -0.15) is 0 Å². The van der Waals surface area contributed by atoms with Gasteiger partial charge in [-0.3, -0.25) is 9.36 Å². The molecule has 0 saturated heterocycles. The van der Waals surface area contributed by atoms with Gasteiger partial charge >= 0.3 is 5.97 Å². The van der Waals surface area contributed by atoms with Crippen LogP contribution in [-0.2, 0) is 16.1 Å². The Hall–Kier alpha value is -4.63. The number of benzene rings is 4. The van der Waals surface area contributed by atoms with E-state index < -0.39 is 12.0 Å². The van der Waals surface area contributed by atoms with E-state index in [2.05, 4.69) is 13.8 Å². The number of hydrogen-bond donors (Lipinski definition) is 0. The summed E-state index contributed by atoms with van der Waals surface area (Å²) in [5.74, 6) is 0.890. The quantitative estimate of drug-likeness (QED) is 0.128. The van der Waals surface area contributed by atoms with Crippen LogP contribution in [0.1, 0.15) is 67.5 Å². The third-order valence-corrected chi connectivity index (χ3v) is 9.96. The van der Waals surface area contributed by atoms with Crippen LogP contribution in [0.2, 0.25) is 10.0 Å². The van der Waals surface area contributed by atoms with E-state index in [0.717, 1.165) is 27.8 Å². The Morgan fingerprint density at radius 3 is 2.34 bits per heavy atom. The van der Waals surface area contributed by atoms with Crippen LogP contribution in [0.25, 0.3) is 11.8 Å². The standard InChI is InChI=1S/C40H36Cl2N2O5S/c1-5-47-33-21-25(13-19-32(33)49-23-26-12-18-30(41)31(42)20-26)22-34-38(45)44-37(29-16-14-27(15-17-29)24(3)4)35(39(46)48-6-2)36(43-40(44)50-34)28-10-8-7-9-11-28/h7-22,24,37H,5-6,23H2,1-4H3/b34-22-/t37-/m0/s1. The molecule has 10 heteroatoms. The highest BCUT2D eigenvalue weighted by Gasteiger charge is 2.35. The van der Waals surface area contributed by atoms with Crippen LogP contribution in [-0.4, -0.2) is 23.8 Å². The number of nitrogens with zero attached hydrogens (tertiary/aromatic N) is 2. The van der Waals surface area contributed by atoms with Gasteiger partial charge in [0.2, 0.25) is 0 Å². The molecule has 0 bridgehead atoms. The van der Waals surface area contributed by atoms with E-state index in [1.807, 2.05) is 91.9 Å². The molecule has 1 aliphatic rings. The highest BCUT2D eigenvalue weighted by molar-refractivity contribution is 7.07. The normalized spacial score (nSPS) is 14.4. The zero-order valence-corrected chi connectivity index (χ0v) is 30.4. The highest BCUT2D eigenvalue weighted by atomic mass is 35.5. The molecule has 256 valence electrons. The Balaban J connectivity index is 1.47. The molecule has 0 amide bonds. The predicted molar refractivity (Wildman–Crippen MR) is 200 cm³/mol. The summed E-state index contributed by atoms with van der Waals surface area (Å²) in [6.07, 6.45) is 1.81. The number of halogens is 2. The lowest BCUT2D eigenvalue weighted by atomic mass is 9.91. The average molecular weight is 728 g/mol. The first-order valence-electron chi connectivity index (χ1n) is 16.4. The van der Waals surface area contributed by atoms with Crippen molar-refractivity contribution in [1.29, 1.82) is 0 Å². The van der Waals surface area contributed by atoms with E-state index in [9.17, 15) is 9.59 Å². The van der Waals surface area contributed by atoms with Crippen molar-refractivity contribution < 1.29 is 19.0 Å². The Bertz CT molecular complexity index is 2240. The number of carbonyl (C=O) groups excluding carboxylic acids is 1. The average Bonchev–Trinajstić information content (AvgIpc) is 3.43. The summed E-state index contributed by atoms with van der Waals surface area (Å²) in [7, 11) is 0. The Kier molecular flexibility index (Phi) is 10.9. The number of ether oxygens (including phenoxy) is 3. The van der Waals surface area contributed by atoms with Gasteiger partial charge in [-0.05, 0) is 72.4 Å². The summed E-state index contributed by atoms with van der Waals surface area (Å²) in [6.45, 7) is 8.78. The second-order valence-electron chi connectivity index (χ2n) is 11.9. The molecular weight excluding hydrogens is 691 g/mol. The number of fused-ring (bicyclic) bond motifs is 1. The fourth-order valence-electron chi connectivity index (χ4n) is 5.76. The summed E-state index contributed by atoms with van der Waals surface area (Å²) in [5.41, 5.74) is 4.83. The Labute approximate surface area is 304 Å². The van der Waals surface area contributed by atoms with Crippen molar-refractivity contribution >= 4 is 52.3 Å². The molecule has 0 aliphatic carbocycles. The summed E-state index contributed by atoms with van der Waals surface area (Å²) in [4.78, 5) is 33.6. The summed E-state index contributed by atoms with van der Waals surface area (Å²) < 4.78 is 19.7. The van der Waals surface area contributed by atoms with Crippen molar-refractivity contribution in [2.75, 3.05) is 13.2 Å². The van der Waals surface area contributed by atoms with Crippen LogP contribution < -0.4 is 24.4 Å². The fraction of sp³-hybridized carbons (Fsp3) is 0.225. The first-order chi connectivity index (χ1) is 24.2. The van der Waals surface area contributed by atoms with E-state index in [1.54, 1.807) is 23.6 Å². The molecule has 6 rings (SSSR count). The molecule has 50 heavy (non-hydrogen) atoms. The third kappa shape index (κ3) is 7.43. The van der Waals surface area contributed by atoms with Gasteiger partial charge in [-0.1, -0.05) is 115 Å². The van der Waals surface area contributed by atoms with Crippen molar-refractivity contribution in [2.45, 2.75) is 46.3 Å². The molecule has 0 spiro atoms. The van der Waals surface area contributed by atoms with Gasteiger partial charge < -0.3 is 14.2 Å². The van der Waals surface area contributed by atoms with Crippen LogP contribution in [0.4, 0.5) is 0 Å². The third-order valence-electron chi connectivity index (χ3n) is 8.24. The minimum atomic E-state index is -0.750. The van der Waals surface area contributed by atoms with E-state index in [0.29, 0.717) is 54.7 Å². The van der Waals surface area contributed by atoms with Crippen LogP contribution in [0, 0.1) is 0 Å². The first-order valence-corrected chi connectivity index (χ1v) is 18.0. The minimum absolute atomic E-state index is 0.184. The molecule has 1 aromatic heterocycles. The molecule has 2 heterocycles. The van der Waals surface area contributed by atoms with Crippen LogP contribution in [0.5, 0.6) is 11.5 Å². The number of carbonyl (C=O) groups is 1. The van der Waals surface area contributed by atoms with Crippen LogP contribution >= 0.6 is 34.5 Å². The second kappa shape index (κ2) is 15.5. The fourth-order valence-corrected chi connectivity index (χ4v) is 7.08. The summed E-state index contributed by atoms with van der Waals surface area (Å²) in [6, 6.07) is 27.7. The van der Waals surface area contributed by atoms with E-state index >= 15 is 0 Å². The second-order valence-corrected chi connectivity index (χ2v) is 13.8. The van der Waals surface area contributed by atoms with Crippen molar-refractivity contribution in [1.82, 2.24) is 4.57 Å². The lowest BCUT2D eigenvalue weighted by Gasteiger charge is -2.26. The zero-order valence-electron chi connectivity index (χ0n) is 28.1. The van der Waals surface area contributed by atoms with Gasteiger partial charge in [0.1, 0.15) is 6.61 Å². The number of esters is 1. The molecule has 0 N–H and O–H groups in total. The van der Waals surface area contributed by atoms with Crippen molar-refractivity contribution in [3.63, 3.8) is 0 Å². The number of thiazole rings is 1. The molecule has 0 fully saturated rings. The molecule has 5 aromatic rings. The van der Waals surface area contributed by atoms with E-state index in [4.69, 9.17) is 42.4 Å². The highest BCUT2D eigenvalue weighted by Crippen LogP contribution is 2.36. The van der Waals surface area contributed by atoms with Gasteiger partial charge in [0.05, 0.1) is 45.1 Å². The SMILES string of the molecule is CCOC(=O)C1=C(c2ccccc2)N=c2s/c(=C\c3ccc(OCc4ccc(Cl)c(Cl)c4)c(OCC)c3)c(=O)n2[C@H]1c1ccc(C(C)C)cc1. The number of aromatic nitrogens is 1. The van der Waals surface area contributed by atoms with Crippen molar-refractivity contribution in [3.05, 3.63) is 154 Å². The molecule has 1 atom stereocenters. The van der Waals surface area contributed by atoms with Crippen molar-refractivity contribution in [2.24, 2.45) is 4.99 Å². The van der Waals surface area contributed by atoms with Crippen LogP contribution in [0.3, 0.4) is 0 Å². The minimum Gasteiger partial charge on any atom is -0.490 e. The zero-order chi connectivity index (χ0) is 35.4. The monoisotopic (exact) mass is 726 g/mol. The molecule has 0 radical (unpaired) electrons. The van der Waals surface area contributed by atoms with Gasteiger partial charge in [0, 0.05) is 5.56 Å². The molecule has 0 unspecified atom stereocenters. The first kappa shape index (κ1) is 35.2. The van der Waals surface area contributed by atoms with Crippen molar-refractivity contribution in [3.8, 4) is 11.5 Å². The molecule has 1 aliphatic heterocycles. The predicted octanol–water partition coefficient (Wildman–Crippen LogP) is 8.34. The maximum Gasteiger partial charge on any atom is 0.338 e. The maximum atomic E-state index is 14.4. The topological polar surface area (TPSA) is 79.1 Å². The molecular formula is C40H36Cl2N2O5S. The van der Waals surface area contributed by atoms with Gasteiger partial charge in [0.15, 0.2) is 16.3 Å². The lowest BCUT2D eigenvalue weighted by Crippen LogP contribution is -2.40. The van der Waals surface area contributed by atoms with E-state index in [-0.39, 0.29) is 18.8 Å². The van der Waals surface area contributed by atoms with E-state index in [1.165, 1.54) is 11.3 Å². The van der Waals surface area contributed by atoms with Gasteiger partial charge in [0.25, 0.3) is 5.56 Å². The smallest absolute Gasteiger partial charge is 0.338 e. The Morgan fingerprint density at radius 1 is 0.900 bits per heavy atom. The Morgan fingerprint density at radius 2 is 1.66 bits per heavy atom. The number of rotatable bonds is 11. The van der Waals surface area contributed by atoms with Gasteiger partial charge in [-0.25, -0.2) is 9.79 Å². The number of hydrogen-bond acceptors (Lipinski definition) is 7. The van der Waals surface area contributed by atoms with Crippen LogP contribution in [0.15, 0.2) is 106 Å². The molecule has 4 aromatic carbocycles. The largest absolute Gasteiger partial charge is 0.490 e.